The van der Waals surface area contributed by atoms with Crippen molar-refractivity contribution >= 4 is 11.6 Å². The van der Waals surface area contributed by atoms with Gasteiger partial charge in [0.1, 0.15) is 17.7 Å². The zero-order valence-corrected chi connectivity index (χ0v) is 17.3. The fourth-order valence-electron chi connectivity index (χ4n) is 3.67. The number of phenolic OH excluding ortho intramolecular Hbond substituents is 1. The molecule has 1 heterocycles. The van der Waals surface area contributed by atoms with Gasteiger partial charge in [0.15, 0.2) is 0 Å². The monoisotopic (exact) mass is 388 g/mol. The molecule has 27 heavy (non-hydrogen) atoms. The smallest absolute Gasteiger partial charge is 0.150 e. The first kappa shape index (κ1) is 20.0. The highest BCUT2D eigenvalue weighted by Gasteiger charge is 2.29. The molecule has 0 amide bonds. The predicted molar refractivity (Wildman–Crippen MR) is 111 cm³/mol. The third-order valence-corrected chi connectivity index (χ3v) is 5.47. The van der Waals surface area contributed by atoms with Gasteiger partial charge in [-0.1, -0.05) is 37.6 Å². The van der Waals surface area contributed by atoms with Gasteiger partial charge in [-0.3, -0.25) is 4.90 Å². The van der Waals surface area contributed by atoms with Gasteiger partial charge >= 0.3 is 0 Å². The Kier molecular flexibility index (Phi) is 6.30. The molecule has 2 aromatic carbocycles. The maximum atomic E-state index is 10.1. The Labute approximate surface area is 167 Å². The predicted octanol–water partition coefficient (Wildman–Crippen LogP) is 4.85. The number of hydrogen-bond donors (Lipinski definition) is 2. The van der Waals surface area contributed by atoms with Crippen LogP contribution in [-0.2, 0) is 0 Å². The Hall–Kier alpha value is -1.75. The Morgan fingerprint density at radius 2 is 2.00 bits per heavy atom. The Morgan fingerprint density at radius 3 is 2.70 bits per heavy atom. The number of halogens is 1. The van der Waals surface area contributed by atoms with Gasteiger partial charge in [-0.15, -0.1) is 0 Å². The first-order valence-corrected chi connectivity index (χ1v) is 9.96. The number of rotatable bonds is 5. The normalized spacial score (nSPS) is 19.3. The SMILES string of the molecule is Cc1cc(OC(C)N2CCNCC2c2cccc(Cl)c2)c(C(C)C)cc1O. The van der Waals surface area contributed by atoms with Gasteiger partial charge in [-0.05, 0) is 55.2 Å². The van der Waals surface area contributed by atoms with Crippen LogP contribution in [0, 0.1) is 6.92 Å². The molecule has 2 atom stereocenters. The van der Waals surface area contributed by atoms with Crippen LogP contribution in [0.4, 0.5) is 0 Å². The molecular formula is C22H29ClN2O2. The van der Waals surface area contributed by atoms with E-state index in [0.717, 1.165) is 41.5 Å². The van der Waals surface area contributed by atoms with Gasteiger partial charge in [-0.2, -0.15) is 0 Å². The van der Waals surface area contributed by atoms with Crippen molar-refractivity contribution in [3.63, 3.8) is 0 Å². The summed E-state index contributed by atoms with van der Waals surface area (Å²) in [5.41, 5.74) is 3.05. The van der Waals surface area contributed by atoms with E-state index in [2.05, 4.69) is 37.1 Å². The van der Waals surface area contributed by atoms with Crippen LogP contribution in [0.5, 0.6) is 11.5 Å². The van der Waals surface area contributed by atoms with Gasteiger partial charge < -0.3 is 15.2 Å². The fourth-order valence-corrected chi connectivity index (χ4v) is 3.87. The van der Waals surface area contributed by atoms with Crippen molar-refractivity contribution in [2.45, 2.75) is 45.9 Å². The van der Waals surface area contributed by atoms with Crippen LogP contribution in [0.25, 0.3) is 0 Å². The summed E-state index contributed by atoms with van der Waals surface area (Å²) in [6, 6.07) is 12.0. The quantitative estimate of drug-likeness (QED) is 0.768. The third-order valence-electron chi connectivity index (χ3n) is 5.23. The summed E-state index contributed by atoms with van der Waals surface area (Å²) in [4.78, 5) is 2.37. The number of benzene rings is 2. The number of hydrogen-bond acceptors (Lipinski definition) is 4. The molecule has 0 radical (unpaired) electrons. The molecule has 0 spiro atoms. The molecular weight excluding hydrogens is 360 g/mol. The highest BCUT2D eigenvalue weighted by Crippen LogP contribution is 2.35. The van der Waals surface area contributed by atoms with Crippen molar-refractivity contribution in [3.8, 4) is 11.5 Å². The Bertz CT molecular complexity index is 794. The maximum absolute atomic E-state index is 10.1. The number of piperazine rings is 1. The average Bonchev–Trinajstić information content (AvgIpc) is 2.64. The van der Waals surface area contributed by atoms with Crippen molar-refractivity contribution in [2.24, 2.45) is 0 Å². The second-order valence-electron chi connectivity index (χ2n) is 7.56. The minimum atomic E-state index is -0.0995. The maximum Gasteiger partial charge on any atom is 0.150 e. The van der Waals surface area contributed by atoms with Crippen LogP contribution >= 0.6 is 11.6 Å². The van der Waals surface area contributed by atoms with Crippen molar-refractivity contribution in [2.75, 3.05) is 19.6 Å². The molecule has 2 unspecified atom stereocenters. The van der Waals surface area contributed by atoms with E-state index in [1.165, 1.54) is 5.56 Å². The minimum Gasteiger partial charge on any atom is -0.508 e. The zero-order valence-electron chi connectivity index (χ0n) is 16.5. The Balaban J connectivity index is 1.86. The van der Waals surface area contributed by atoms with Gasteiger partial charge in [0.25, 0.3) is 0 Å². The largest absolute Gasteiger partial charge is 0.508 e. The zero-order chi connectivity index (χ0) is 19.6. The van der Waals surface area contributed by atoms with Crippen LogP contribution < -0.4 is 10.1 Å². The second-order valence-corrected chi connectivity index (χ2v) is 8.00. The molecule has 2 N–H and O–H groups in total. The first-order valence-electron chi connectivity index (χ1n) is 9.59. The van der Waals surface area contributed by atoms with Gasteiger partial charge in [0.2, 0.25) is 0 Å². The molecule has 3 rings (SSSR count). The van der Waals surface area contributed by atoms with Crippen LogP contribution in [0.1, 0.15) is 49.4 Å². The van der Waals surface area contributed by atoms with E-state index in [-0.39, 0.29) is 18.2 Å². The molecule has 4 nitrogen and oxygen atoms in total. The van der Waals surface area contributed by atoms with E-state index in [1.807, 2.05) is 37.3 Å². The van der Waals surface area contributed by atoms with Crippen molar-refractivity contribution in [3.05, 3.63) is 58.1 Å². The van der Waals surface area contributed by atoms with E-state index in [9.17, 15) is 5.11 Å². The molecule has 0 aliphatic carbocycles. The van der Waals surface area contributed by atoms with E-state index in [4.69, 9.17) is 16.3 Å². The third kappa shape index (κ3) is 4.57. The summed E-state index contributed by atoms with van der Waals surface area (Å²) < 4.78 is 6.42. The van der Waals surface area contributed by atoms with E-state index >= 15 is 0 Å². The second kappa shape index (κ2) is 8.51. The number of phenols is 1. The highest BCUT2D eigenvalue weighted by molar-refractivity contribution is 6.30. The standard InChI is InChI=1S/C22H29ClN2O2/c1-14(2)19-12-21(26)15(3)10-22(19)27-16(4)25-9-8-24-13-20(25)17-6-5-7-18(23)11-17/h5-7,10-12,14,16,20,24,26H,8-9,13H2,1-4H3. The topological polar surface area (TPSA) is 44.7 Å². The molecule has 2 aromatic rings. The number of nitrogens with one attached hydrogen (secondary N) is 1. The van der Waals surface area contributed by atoms with Crippen molar-refractivity contribution in [1.82, 2.24) is 10.2 Å². The summed E-state index contributed by atoms with van der Waals surface area (Å²) in [5.74, 6) is 1.43. The van der Waals surface area contributed by atoms with Crippen LogP contribution in [-0.4, -0.2) is 35.9 Å². The van der Waals surface area contributed by atoms with Crippen LogP contribution in [0.3, 0.4) is 0 Å². The van der Waals surface area contributed by atoms with Crippen molar-refractivity contribution in [1.29, 1.82) is 0 Å². The molecule has 146 valence electrons. The molecule has 1 aliphatic rings. The first-order chi connectivity index (χ1) is 12.9. The van der Waals surface area contributed by atoms with Gasteiger partial charge in [0, 0.05) is 30.2 Å². The number of nitrogens with zero attached hydrogens (tertiary/aromatic N) is 1. The lowest BCUT2D eigenvalue weighted by molar-refractivity contribution is -0.00642. The van der Waals surface area contributed by atoms with Crippen LogP contribution in [0.15, 0.2) is 36.4 Å². The van der Waals surface area contributed by atoms with E-state index < -0.39 is 0 Å². The summed E-state index contributed by atoms with van der Waals surface area (Å²) in [5, 5.41) is 14.3. The Morgan fingerprint density at radius 1 is 1.22 bits per heavy atom. The molecule has 1 fully saturated rings. The summed E-state index contributed by atoms with van der Waals surface area (Å²) in [6.45, 7) is 10.9. The van der Waals surface area contributed by atoms with E-state index in [0.29, 0.717) is 5.75 Å². The highest BCUT2D eigenvalue weighted by atomic mass is 35.5. The summed E-state index contributed by atoms with van der Waals surface area (Å²) in [6.07, 6.45) is -0.0995. The van der Waals surface area contributed by atoms with Gasteiger partial charge in [0.05, 0.1) is 6.04 Å². The molecule has 0 aromatic heterocycles. The minimum absolute atomic E-state index is 0.0995. The fraction of sp³-hybridized carbons (Fsp3) is 0.455. The molecule has 0 bridgehead atoms. The van der Waals surface area contributed by atoms with Crippen molar-refractivity contribution < 1.29 is 9.84 Å². The molecule has 0 saturated carbocycles. The van der Waals surface area contributed by atoms with E-state index in [1.54, 1.807) is 0 Å². The average molecular weight is 389 g/mol. The van der Waals surface area contributed by atoms with Gasteiger partial charge in [-0.25, -0.2) is 0 Å². The lowest BCUT2D eigenvalue weighted by Crippen LogP contribution is -2.51. The lowest BCUT2D eigenvalue weighted by Gasteiger charge is -2.40. The molecule has 5 heteroatoms. The summed E-state index contributed by atoms with van der Waals surface area (Å²) in [7, 11) is 0. The number of aryl methyl sites for hydroxylation is 1. The number of aromatic hydroxyl groups is 1. The lowest BCUT2D eigenvalue weighted by atomic mass is 9.99. The molecule has 1 saturated heterocycles. The summed E-state index contributed by atoms with van der Waals surface area (Å²) >= 11 is 6.22. The molecule has 1 aliphatic heterocycles. The van der Waals surface area contributed by atoms with Crippen LogP contribution in [0.2, 0.25) is 5.02 Å². The number of ether oxygens (including phenoxy) is 1.